The molecule has 1 rings (SSSR count). The van der Waals surface area contributed by atoms with Crippen LogP contribution in [0.5, 0.6) is 0 Å². The standard InChI is InChI=1S/C5H5.2CH4.Ti/c1-2-4-5-3-1;;;/h1-3H,4H2;2*1H4;. The summed E-state index contributed by atoms with van der Waals surface area (Å²) in [5.41, 5.74) is 0. The molecule has 0 aromatic rings. The molecule has 0 saturated heterocycles. The topological polar surface area (TPSA) is 0 Å². The first-order chi connectivity index (χ1) is 2.89. The molecule has 0 spiro atoms. The Kier molecular flexibility index (Phi) is 7.37. The van der Waals surface area contributed by atoms with E-state index in [4.69, 9.17) is 0 Å². The van der Waals surface area contributed by atoms with Crippen molar-refractivity contribution in [2.75, 3.05) is 0 Å². The van der Waals surface area contributed by atoms with Crippen molar-refractivity contribution in [1.29, 1.82) is 0 Å². The Morgan fingerprint density at radius 3 is 2.12 bits per heavy atom. The molecule has 45 valence electrons. The van der Waals surface area contributed by atoms with Gasteiger partial charge in [-0.25, -0.2) is 0 Å². The van der Waals surface area contributed by atoms with Gasteiger partial charge in [0.2, 0.25) is 0 Å². The fraction of sp³-hybridized carbons (Fsp3) is 0.429. The van der Waals surface area contributed by atoms with Crippen LogP contribution in [-0.2, 0) is 20.4 Å². The Morgan fingerprint density at radius 2 is 2.00 bits per heavy atom. The average Bonchev–Trinajstić information content (AvgIpc) is 1.86. The van der Waals surface area contributed by atoms with Crippen molar-refractivity contribution in [3.8, 4) is 0 Å². The molecule has 0 atom stereocenters. The summed E-state index contributed by atoms with van der Waals surface area (Å²) in [5, 5.41) is 0. The van der Waals surface area contributed by atoms with E-state index in [0.29, 0.717) is 0 Å². The first-order valence-electron chi connectivity index (χ1n) is 1.97. The fourth-order valence-electron chi connectivity index (χ4n) is 0.447. The van der Waals surface area contributed by atoms with Gasteiger partial charge >= 0.3 is 49.0 Å². The monoisotopic (exact) mass is 145 g/mol. The summed E-state index contributed by atoms with van der Waals surface area (Å²) in [4.78, 5) is 0. The SMILES string of the molecule is C.C.[Ti][C]1=CC=CC1. The Bertz CT molecular complexity index is 101. The summed E-state index contributed by atoms with van der Waals surface area (Å²) in [6.07, 6.45) is 7.56. The van der Waals surface area contributed by atoms with Crippen molar-refractivity contribution < 1.29 is 20.4 Å². The minimum absolute atomic E-state index is 0. The molecule has 0 radical (unpaired) electrons. The summed E-state index contributed by atoms with van der Waals surface area (Å²) in [6, 6.07) is 0. The van der Waals surface area contributed by atoms with Crippen LogP contribution >= 0.6 is 0 Å². The molecule has 0 nitrogen and oxygen atoms in total. The van der Waals surface area contributed by atoms with Crippen LogP contribution in [0.2, 0.25) is 0 Å². The van der Waals surface area contributed by atoms with Gasteiger partial charge in [0.15, 0.2) is 0 Å². The third kappa shape index (κ3) is 3.23. The van der Waals surface area contributed by atoms with Crippen LogP contribution in [0, 0.1) is 0 Å². The van der Waals surface area contributed by atoms with Crippen LogP contribution < -0.4 is 0 Å². The zero-order chi connectivity index (χ0) is 4.41. The summed E-state index contributed by atoms with van der Waals surface area (Å²) < 4.78 is 1.47. The molecule has 0 aromatic heterocycles. The third-order valence-electron chi connectivity index (χ3n) is 0.771. The van der Waals surface area contributed by atoms with E-state index in [9.17, 15) is 0 Å². The van der Waals surface area contributed by atoms with Gasteiger partial charge in [0.05, 0.1) is 0 Å². The van der Waals surface area contributed by atoms with Crippen molar-refractivity contribution in [3.05, 3.63) is 22.1 Å². The second-order valence-electron chi connectivity index (χ2n) is 1.32. The average molecular weight is 145 g/mol. The van der Waals surface area contributed by atoms with Crippen LogP contribution in [0.25, 0.3) is 0 Å². The summed E-state index contributed by atoms with van der Waals surface area (Å²) in [6.45, 7) is 0. The summed E-state index contributed by atoms with van der Waals surface area (Å²) in [5.74, 6) is 0. The first kappa shape index (κ1) is 11.1. The number of hydrogen-bond acceptors (Lipinski definition) is 0. The van der Waals surface area contributed by atoms with Gasteiger partial charge in [-0.15, -0.1) is 0 Å². The predicted octanol–water partition coefficient (Wildman–Crippen LogP) is 2.65. The van der Waals surface area contributed by atoms with Gasteiger partial charge in [-0.05, 0) is 0 Å². The van der Waals surface area contributed by atoms with E-state index in [-0.39, 0.29) is 14.9 Å². The maximum absolute atomic E-state index is 2.16. The van der Waals surface area contributed by atoms with Crippen molar-refractivity contribution in [3.63, 3.8) is 0 Å². The molecule has 1 heteroatoms. The second-order valence-corrected chi connectivity index (χ2v) is 2.33. The maximum atomic E-state index is 2.16. The Labute approximate surface area is 64.1 Å². The van der Waals surface area contributed by atoms with Gasteiger partial charge in [-0.3, -0.25) is 0 Å². The molecule has 0 heterocycles. The molecule has 0 bridgehead atoms. The molecule has 0 amide bonds. The van der Waals surface area contributed by atoms with Crippen molar-refractivity contribution in [2.45, 2.75) is 21.3 Å². The van der Waals surface area contributed by atoms with Gasteiger partial charge in [-0.1, -0.05) is 14.9 Å². The van der Waals surface area contributed by atoms with Gasteiger partial charge in [0.25, 0.3) is 0 Å². The zero-order valence-corrected chi connectivity index (χ0v) is 5.00. The van der Waals surface area contributed by atoms with Crippen LogP contribution in [0.3, 0.4) is 0 Å². The second kappa shape index (κ2) is 5.33. The Hall–Kier alpha value is 0.194. The summed E-state index contributed by atoms with van der Waals surface area (Å²) in [7, 11) is 0. The van der Waals surface area contributed by atoms with Gasteiger partial charge in [0.1, 0.15) is 0 Å². The van der Waals surface area contributed by atoms with Crippen molar-refractivity contribution >= 4 is 0 Å². The van der Waals surface area contributed by atoms with E-state index in [1.165, 1.54) is 10.3 Å². The molecular formula is C7H13Ti. The van der Waals surface area contributed by atoms with Crippen LogP contribution in [0.15, 0.2) is 22.1 Å². The molecule has 0 aliphatic heterocycles. The molecule has 0 unspecified atom stereocenters. The van der Waals surface area contributed by atoms with E-state index < -0.39 is 0 Å². The minimum atomic E-state index is 0. The van der Waals surface area contributed by atoms with E-state index in [1.807, 2.05) is 0 Å². The number of allylic oxidation sites excluding steroid dienone is 4. The Morgan fingerprint density at radius 1 is 1.38 bits per heavy atom. The van der Waals surface area contributed by atoms with Crippen molar-refractivity contribution in [1.82, 2.24) is 0 Å². The molecule has 0 fully saturated rings. The molecule has 0 N–H and O–H groups in total. The van der Waals surface area contributed by atoms with Crippen LogP contribution in [0.4, 0.5) is 0 Å². The van der Waals surface area contributed by atoms with E-state index in [1.54, 1.807) is 0 Å². The van der Waals surface area contributed by atoms with E-state index >= 15 is 0 Å². The molecule has 8 heavy (non-hydrogen) atoms. The quantitative estimate of drug-likeness (QED) is 0.459. The molecule has 0 aromatic carbocycles. The molecule has 1 aliphatic carbocycles. The van der Waals surface area contributed by atoms with Crippen LogP contribution in [-0.4, -0.2) is 0 Å². The Balaban J connectivity index is 0. The number of rotatable bonds is 0. The van der Waals surface area contributed by atoms with E-state index in [2.05, 4.69) is 38.7 Å². The van der Waals surface area contributed by atoms with Gasteiger partial charge < -0.3 is 0 Å². The van der Waals surface area contributed by atoms with E-state index in [0.717, 1.165) is 0 Å². The predicted molar refractivity (Wildman–Crippen MR) is 35.3 cm³/mol. The van der Waals surface area contributed by atoms with Gasteiger partial charge in [0, 0.05) is 0 Å². The number of hydrogen-bond donors (Lipinski definition) is 0. The van der Waals surface area contributed by atoms with Crippen molar-refractivity contribution in [2.24, 2.45) is 0 Å². The first-order valence-corrected chi connectivity index (χ1v) is 2.75. The van der Waals surface area contributed by atoms with Crippen LogP contribution in [0.1, 0.15) is 21.3 Å². The zero-order valence-electron chi connectivity index (χ0n) is 3.44. The van der Waals surface area contributed by atoms with Gasteiger partial charge in [-0.2, -0.15) is 0 Å². The normalized spacial score (nSPS) is 13.6. The molecular weight excluding hydrogens is 132 g/mol. The molecule has 0 saturated carbocycles. The fourth-order valence-corrected chi connectivity index (χ4v) is 0.782. The molecule has 1 aliphatic rings. The summed E-state index contributed by atoms with van der Waals surface area (Å²) >= 11 is 2.14. The third-order valence-corrected chi connectivity index (χ3v) is 1.35.